The molecule has 0 bridgehead atoms. The van der Waals surface area contributed by atoms with Crippen molar-refractivity contribution in [1.82, 2.24) is 4.90 Å². The number of anilines is 1. The molecule has 2 aliphatic rings. The molecule has 2 heterocycles. The van der Waals surface area contributed by atoms with E-state index in [1.54, 1.807) is 0 Å². The predicted octanol–water partition coefficient (Wildman–Crippen LogP) is 0.260. The summed E-state index contributed by atoms with van der Waals surface area (Å²) in [6.07, 6.45) is -0.00192. The number of benzene rings is 1. The van der Waals surface area contributed by atoms with Gasteiger partial charge in [-0.1, -0.05) is 29.5 Å². The van der Waals surface area contributed by atoms with Crippen LogP contribution in [-0.2, 0) is 14.3 Å². The second-order valence-electron chi connectivity index (χ2n) is 6.28. The molecule has 1 unspecified atom stereocenters. The van der Waals surface area contributed by atoms with E-state index in [4.69, 9.17) is 4.74 Å². The molecule has 1 aromatic carbocycles. The van der Waals surface area contributed by atoms with Gasteiger partial charge in [0.15, 0.2) is 6.67 Å². The average Bonchev–Trinajstić information content (AvgIpc) is 2.85. The second-order valence-corrected chi connectivity index (χ2v) is 7.43. The zero-order valence-electron chi connectivity index (χ0n) is 14.1. The number of nitrogens with one attached hydrogen (secondary N) is 2. The molecule has 1 atom stereocenters. The minimum atomic E-state index is -0.640. The molecule has 0 aliphatic carbocycles. The molecule has 2 N–H and O–H groups in total. The number of rotatable bonds is 5. The number of carbonyl (C=O) groups is 3. The van der Waals surface area contributed by atoms with E-state index in [1.807, 2.05) is 31.2 Å². The smallest absolute Gasteiger partial charge is 0.293 e. The van der Waals surface area contributed by atoms with Gasteiger partial charge in [0.2, 0.25) is 11.8 Å². The van der Waals surface area contributed by atoms with Gasteiger partial charge in [0, 0.05) is 12.1 Å². The van der Waals surface area contributed by atoms with Crippen molar-refractivity contribution < 1.29 is 24.0 Å². The Morgan fingerprint density at radius 2 is 1.96 bits per heavy atom. The SMILES string of the molecule is Cc1ccc(NC(=O)CC2SC(=O)N(C[NH+]3CCOCC3)C2=O)cc1. The van der Waals surface area contributed by atoms with Gasteiger partial charge in [0.1, 0.15) is 18.3 Å². The number of morpholine rings is 1. The minimum Gasteiger partial charge on any atom is -0.370 e. The molecule has 2 fully saturated rings. The largest absolute Gasteiger partial charge is 0.370 e. The Hall–Kier alpha value is -1.90. The lowest BCUT2D eigenvalue weighted by Crippen LogP contribution is -3.15. The highest BCUT2D eigenvalue weighted by Crippen LogP contribution is 2.28. The summed E-state index contributed by atoms with van der Waals surface area (Å²) in [5.74, 6) is -0.531. The molecule has 0 aromatic heterocycles. The van der Waals surface area contributed by atoms with Gasteiger partial charge in [-0.15, -0.1) is 0 Å². The van der Waals surface area contributed by atoms with Gasteiger partial charge in [-0.3, -0.25) is 14.4 Å². The molecule has 3 rings (SSSR count). The Labute approximate surface area is 150 Å². The number of ether oxygens (including phenoxy) is 1. The van der Waals surface area contributed by atoms with Crippen LogP contribution in [0.4, 0.5) is 10.5 Å². The Balaban J connectivity index is 1.54. The molecule has 2 aliphatic heterocycles. The fraction of sp³-hybridized carbons (Fsp3) is 0.471. The summed E-state index contributed by atoms with van der Waals surface area (Å²) in [4.78, 5) is 39.2. The van der Waals surface area contributed by atoms with Crippen LogP contribution in [0.25, 0.3) is 0 Å². The lowest BCUT2D eigenvalue weighted by molar-refractivity contribution is -0.915. The van der Waals surface area contributed by atoms with Crippen LogP contribution in [0.3, 0.4) is 0 Å². The summed E-state index contributed by atoms with van der Waals surface area (Å²) in [5.41, 5.74) is 1.79. The zero-order valence-corrected chi connectivity index (χ0v) is 14.9. The molecule has 0 radical (unpaired) electrons. The summed E-state index contributed by atoms with van der Waals surface area (Å²) in [7, 11) is 0. The fourth-order valence-corrected chi connectivity index (χ4v) is 3.82. The van der Waals surface area contributed by atoms with Crippen LogP contribution in [0.2, 0.25) is 0 Å². The standard InChI is InChI=1S/C17H21N3O4S/c1-12-2-4-13(5-3-12)18-15(21)10-14-16(22)20(17(23)25-14)11-19-6-8-24-9-7-19/h2-5,14H,6-11H2,1H3,(H,18,21)/p+1. The van der Waals surface area contributed by atoms with Crippen LogP contribution < -0.4 is 10.2 Å². The molecule has 25 heavy (non-hydrogen) atoms. The Bertz CT molecular complexity index is 658. The first-order valence-electron chi connectivity index (χ1n) is 8.33. The van der Waals surface area contributed by atoms with Crippen molar-refractivity contribution in [2.75, 3.05) is 38.3 Å². The zero-order chi connectivity index (χ0) is 17.8. The molecule has 1 aromatic rings. The average molecular weight is 364 g/mol. The molecule has 0 saturated carbocycles. The quantitative estimate of drug-likeness (QED) is 0.784. The lowest BCUT2D eigenvalue weighted by atomic mass is 10.2. The Morgan fingerprint density at radius 1 is 1.28 bits per heavy atom. The van der Waals surface area contributed by atoms with Crippen molar-refractivity contribution in [3.63, 3.8) is 0 Å². The van der Waals surface area contributed by atoms with Crippen molar-refractivity contribution in [2.24, 2.45) is 0 Å². The van der Waals surface area contributed by atoms with Gasteiger partial charge in [0.25, 0.3) is 5.24 Å². The van der Waals surface area contributed by atoms with E-state index < -0.39 is 5.25 Å². The highest BCUT2D eigenvalue weighted by Gasteiger charge is 2.42. The maximum absolute atomic E-state index is 12.5. The number of nitrogens with zero attached hydrogens (tertiary/aromatic N) is 1. The van der Waals surface area contributed by atoms with E-state index in [0.717, 1.165) is 35.3 Å². The topological polar surface area (TPSA) is 80.2 Å². The molecule has 8 heteroatoms. The van der Waals surface area contributed by atoms with Crippen molar-refractivity contribution in [1.29, 1.82) is 0 Å². The number of quaternary nitrogens is 1. The number of amides is 3. The van der Waals surface area contributed by atoms with Crippen LogP contribution in [0, 0.1) is 6.92 Å². The fourth-order valence-electron chi connectivity index (χ4n) is 2.83. The first-order chi connectivity index (χ1) is 12.0. The normalized spacial score (nSPS) is 21.6. The van der Waals surface area contributed by atoms with Gasteiger partial charge < -0.3 is 15.0 Å². The van der Waals surface area contributed by atoms with Gasteiger partial charge in [-0.25, -0.2) is 4.90 Å². The van der Waals surface area contributed by atoms with Crippen molar-refractivity contribution >= 4 is 34.5 Å². The molecular formula is C17H22N3O4S+. The first-order valence-corrected chi connectivity index (χ1v) is 9.21. The Morgan fingerprint density at radius 3 is 2.64 bits per heavy atom. The Kier molecular flexibility index (Phi) is 5.72. The van der Waals surface area contributed by atoms with E-state index >= 15 is 0 Å². The lowest BCUT2D eigenvalue weighted by Gasteiger charge is -2.26. The van der Waals surface area contributed by atoms with Crippen LogP contribution >= 0.6 is 11.8 Å². The first kappa shape index (κ1) is 17.9. The summed E-state index contributed by atoms with van der Waals surface area (Å²) < 4.78 is 5.29. The molecule has 7 nitrogen and oxygen atoms in total. The van der Waals surface area contributed by atoms with E-state index in [-0.39, 0.29) is 23.5 Å². The number of hydrogen-bond acceptors (Lipinski definition) is 5. The highest BCUT2D eigenvalue weighted by atomic mass is 32.2. The van der Waals surface area contributed by atoms with E-state index in [2.05, 4.69) is 5.32 Å². The predicted molar refractivity (Wildman–Crippen MR) is 94.4 cm³/mol. The van der Waals surface area contributed by atoms with Crippen LogP contribution in [0.5, 0.6) is 0 Å². The maximum atomic E-state index is 12.5. The molecular weight excluding hydrogens is 342 g/mol. The highest BCUT2D eigenvalue weighted by molar-refractivity contribution is 8.15. The number of thioether (sulfide) groups is 1. The van der Waals surface area contributed by atoms with Gasteiger partial charge in [-0.05, 0) is 19.1 Å². The van der Waals surface area contributed by atoms with Crippen molar-refractivity contribution in [2.45, 2.75) is 18.6 Å². The van der Waals surface area contributed by atoms with Crippen LogP contribution in [0.1, 0.15) is 12.0 Å². The monoisotopic (exact) mass is 364 g/mol. The van der Waals surface area contributed by atoms with Gasteiger partial charge in [-0.2, -0.15) is 0 Å². The third-order valence-corrected chi connectivity index (χ3v) is 5.37. The maximum Gasteiger partial charge on any atom is 0.293 e. The molecule has 3 amide bonds. The number of carbonyl (C=O) groups excluding carboxylic acids is 3. The van der Waals surface area contributed by atoms with Crippen molar-refractivity contribution in [3.05, 3.63) is 29.8 Å². The summed E-state index contributed by atoms with van der Waals surface area (Å²) in [6, 6.07) is 7.44. The van der Waals surface area contributed by atoms with E-state index in [9.17, 15) is 14.4 Å². The van der Waals surface area contributed by atoms with Crippen LogP contribution in [0.15, 0.2) is 24.3 Å². The second kappa shape index (κ2) is 7.99. The van der Waals surface area contributed by atoms with Crippen molar-refractivity contribution in [3.8, 4) is 0 Å². The third-order valence-electron chi connectivity index (χ3n) is 4.29. The summed E-state index contributed by atoms with van der Waals surface area (Å²) in [5, 5.41) is 1.86. The minimum absolute atomic E-state index is 0.00192. The molecule has 134 valence electrons. The van der Waals surface area contributed by atoms with Crippen LogP contribution in [-0.4, -0.2) is 60.2 Å². The summed E-state index contributed by atoms with van der Waals surface area (Å²) in [6.45, 7) is 5.16. The number of hydrogen-bond donors (Lipinski definition) is 2. The molecule has 0 spiro atoms. The van der Waals surface area contributed by atoms with Gasteiger partial charge in [0.05, 0.1) is 13.2 Å². The number of imide groups is 1. The van der Waals surface area contributed by atoms with Gasteiger partial charge >= 0.3 is 0 Å². The molecule has 2 saturated heterocycles. The third kappa shape index (κ3) is 4.59. The number of aryl methyl sites for hydroxylation is 1. The van der Waals surface area contributed by atoms with E-state index in [1.165, 1.54) is 4.90 Å². The summed E-state index contributed by atoms with van der Waals surface area (Å²) >= 11 is 0.944. The van der Waals surface area contributed by atoms with E-state index in [0.29, 0.717) is 25.6 Å².